The van der Waals surface area contributed by atoms with Crippen LogP contribution in [0.4, 0.5) is 5.82 Å². The maximum absolute atomic E-state index is 11.2. The molecule has 0 unspecified atom stereocenters. The molecule has 0 radical (unpaired) electrons. The van der Waals surface area contributed by atoms with Crippen molar-refractivity contribution >= 4 is 17.7 Å². The molecule has 100 valence electrons. The molecule has 0 saturated carbocycles. The molecule has 0 aromatic carbocycles. The summed E-state index contributed by atoms with van der Waals surface area (Å²) in [5.41, 5.74) is 10.6. The van der Waals surface area contributed by atoms with Gasteiger partial charge in [-0.25, -0.2) is 4.98 Å². The molecule has 0 spiro atoms. The minimum Gasteiger partial charge on any atom is -0.480 e. The highest BCUT2D eigenvalue weighted by Crippen LogP contribution is 2.14. The van der Waals surface area contributed by atoms with E-state index >= 15 is 0 Å². The van der Waals surface area contributed by atoms with E-state index in [1.54, 1.807) is 0 Å². The van der Waals surface area contributed by atoms with Gasteiger partial charge in [-0.2, -0.15) is 0 Å². The number of hydrogen-bond donors (Lipinski definition) is 5. The van der Waals surface area contributed by atoms with Crippen LogP contribution in [0.1, 0.15) is 29.7 Å². The zero-order chi connectivity index (χ0) is 13.7. The molecule has 18 heavy (non-hydrogen) atoms. The van der Waals surface area contributed by atoms with Crippen molar-refractivity contribution in [3.05, 3.63) is 11.5 Å². The molecule has 1 amide bonds. The number of nitrogens with two attached hydrogens (primary N) is 2. The summed E-state index contributed by atoms with van der Waals surface area (Å²) in [5, 5.41) is 11.4. The number of carboxylic acid groups (broad SMARTS) is 1. The Balaban J connectivity index is 2.90. The second kappa shape index (κ2) is 6.01. The first-order valence-corrected chi connectivity index (χ1v) is 5.53. The van der Waals surface area contributed by atoms with Crippen molar-refractivity contribution in [1.29, 1.82) is 0 Å². The van der Waals surface area contributed by atoms with Crippen LogP contribution in [0.3, 0.4) is 0 Å². The number of nitrogens with zero attached hydrogens (tertiary/aromatic N) is 1. The van der Waals surface area contributed by atoms with Crippen LogP contribution in [0.2, 0.25) is 0 Å². The van der Waals surface area contributed by atoms with Crippen molar-refractivity contribution in [3.8, 4) is 0 Å². The summed E-state index contributed by atoms with van der Waals surface area (Å²) in [5.74, 6) is -0.979. The summed E-state index contributed by atoms with van der Waals surface area (Å²) in [6.07, 6.45) is 1.28. The van der Waals surface area contributed by atoms with Gasteiger partial charge in [0.05, 0.1) is 0 Å². The van der Waals surface area contributed by atoms with Crippen LogP contribution in [-0.4, -0.2) is 39.5 Å². The molecule has 0 aliphatic carbocycles. The monoisotopic (exact) mass is 255 g/mol. The highest BCUT2D eigenvalue weighted by Gasteiger charge is 2.19. The second-order valence-electron chi connectivity index (χ2n) is 3.87. The van der Waals surface area contributed by atoms with Crippen LogP contribution in [-0.2, 0) is 11.2 Å². The van der Waals surface area contributed by atoms with Gasteiger partial charge in [-0.3, -0.25) is 9.59 Å². The molecular weight excluding hydrogens is 238 g/mol. The summed E-state index contributed by atoms with van der Waals surface area (Å²) < 4.78 is 0. The number of aliphatic carboxylic acids is 1. The van der Waals surface area contributed by atoms with E-state index in [-0.39, 0.29) is 11.5 Å². The Bertz CT molecular complexity index is 443. The summed E-state index contributed by atoms with van der Waals surface area (Å²) in [4.78, 5) is 28.8. The van der Waals surface area contributed by atoms with E-state index in [9.17, 15) is 9.59 Å². The lowest BCUT2D eigenvalue weighted by Crippen LogP contribution is -2.27. The van der Waals surface area contributed by atoms with E-state index in [1.165, 1.54) is 6.92 Å². The molecule has 0 aliphatic rings. The molecule has 0 aliphatic heterocycles. The predicted molar refractivity (Wildman–Crippen MR) is 65.2 cm³/mol. The Hall–Kier alpha value is -2.09. The second-order valence-corrected chi connectivity index (χ2v) is 3.87. The molecule has 1 aromatic heterocycles. The fourth-order valence-electron chi connectivity index (χ4n) is 1.37. The topological polar surface area (TPSA) is 147 Å². The molecule has 8 heteroatoms. The van der Waals surface area contributed by atoms with Gasteiger partial charge in [-0.1, -0.05) is 0 Å². The van der Waals surface area contributed by atoms with Crippen LogP contribution >= 0.6 is 0 Å². The summed E-state index contributed by atoms with van der Waals surface area (Å²) in [7, 11) is 0. The predicted octanol–water partition coefficient (Wildman–Crippen LogP) is -0.715. The minimum atomic E-state index is -1.04. The highest BCUT2D eigenvalue weighted by atomic mass is 16.4. The lowest BCUT2D eigenvalue weighted by atomic mass is 10.3. The van der Waals surface area contributed by atoms with Crippen LogP contribution in [0.25, 0.3) is 0 Å². The molecule has 1 heterocycles. The van der Waals surface area contributed by atoms with Gasteiger partial charge < -0.3 is 26.9 Å². The van der Waals surface area contributed by atoms with Gasteiger partial charge in [0.25, 0.3) is 5.91 Å². The number of hydrogen-bond acceptors (Lipinski definition) is 5. The van der Waals surface area contributed by atoms with Crippen molar-refractivity contribution in [2.45, 2.75) is 25.8 Å². The summed E-state index contributed by atoms with van der Waals surface area (Å²) in [6, 6.07) is -0.856. The summed E-state index contributed by atoms with van der Waals surface area (Å²) >= 11 is 0. The lowest BCUT2D eigenvalue weighted by Gasteiger charge is -2.08. The maximum atomic E-state index is 11.2. The third-order valence-corrected chi connectivity index (χ3v) is 2.34. The largest absolute Gasteiger partial charge is 0.480 e. The number of primary amides is 1. The fourth-order valence-corrected chi connectivity index (χ4v) is 1.37. The van der Waals surface area contributed by atoms with Gasteiger partial charge in [0.15, 0.2) is 5.69 Å². The first-order valence-electron chi connectivity index (χ1n) is 5.53. The van der Waals surface area contributed by atoms with Crippen molar-refractivity contribution in [2.75, 3.05) is 11.9 Å². The SMILES string of the molecule is C[C@H](Nc1[nH]c(CCCN)nc1C(N)=O)C(=O)O. The number of rotatable bonds is 7. The maximum Gasteiger partial charge on any atom is 0.325 e. The number of aryl methyl sites for hydroxylation is 1. The molecule has 1 rings (SSSR count). The third kappa shape index (κ3) is 3.45. The van der Waals surface area contributed by atoms with Crippen molar-refractivity contribution in [3.63, 3.8) is 0 Å². The number of anilines is 1. The van der Waals surface area contributed by atoms with E-state index < -0.39 is 17.9 Å². The molecule has 8 nitrogen and oxygen atoms in total. The Labute approximate surface area is 104 Å². The number of H-pyrrole nitrogens is 1. The smallest absolute Gasteiger partial charge is 0.325 e. The normalized spacial score (nSPS) is 12.1. The number of carboxylic acids is 1. The highest BCUT2D eigenvalue weighted by molar-refractivity contribution is 5.96. The quantitative estimate of drug-likeness (QED) is 0.434. The van der Waals surface area contributed by atoms with Gasteiger partial charge >= 0.3 is 5.97 Å². The van der Waals surface area contributed by atoms with Gasteiger partial charge in [-0.15, -0.1) is 0 Å². The average molecular weight is 255 g/mol. The number of amides is 1. The standard InChI is InChI=1S/C10H17N5O3/c1-5(10(17)18)13-9-7(8(12)16)14-6(15-9)3-2-4-11/h5,13H,2-4,11H2,1H3,(H2,12,16)(H,14,15)(H,17,18)/t5-/m0/s1. The van der Waals surface area contributed by atoms with Crippen LogP contribution in [0, 0.1) is 0 Å². The number of carbonyl (C=O) groups is 2. The van der Waals surface area contributed by atoms with Gasteiger partial charge in [-0.05, 0) is 19.9 Å². The first kappa shape index (κ1) is 14.0. The van der Waals surface area contributed by atoms with Gasteiger partial charge in [0.1, 0.15) is 17.7 Å². The average Bonchev–Trinajstić information content (AvgIpc) is 2.69. The van der Waals surface area contributed by atoms with E-state index in [4.69, 9.17) is 16.6 Å². The summed E-state index contributed by atoms with van der Waals surface area (Å²) in [6.45, 7) is 1.95. The van der Waals surface area contributed by atoms with Crippen LogP contribution in [0.15, 0.2) is 0 Å². The number of imidazole rings is 1. The molecule has 0 fully saturated rings. The van der Waals surface area contributed by atoms with Crippen LogP contribution < -0.4 is 16.8 Å². The molecule has 7 N–H and O–H groups in total. The molecule has 1 aromatic rings. The Morgan fingerprint density at radius 1 is 1.56 bits per heavy atom. The van der Waals surface area contributed by atoms with Crippen LogP contribution in [0.5, 0.6) is 0 Å². The number of aromatic amines is 1. The van der Waals surface area contributed by atoms with E-state index in [0.29, 0.717) is 25.2 Å². The zero-order valence-electron chi connectivity index (χ0n) is 10.1. The Kier molecular flexibility index (Phi) is 4.67. The minimum absolute atomic E-state index is 0.00937. The molecule has 0 saturated heterocycles. The number of aromatic nitrogens is 2. The van der Waals surface area contributed by atoms with Gasteiger partial charge in [0.2, 0.25) is 0 Å². The molecule has 1 atom stereocenters. The van der Waals surface area contributed by atoms with Gasteiger partial charge in [0, 0.05) is 6.42 Å². The fraction of sp³-hybridized carbons (Fsp3) is 0.500. The van der Waals surface area contributed by atoms with Crippen molar-refractivity contribution in [1.82, 2.24) is 9.97 Å². The van der Waals surface area contributed by atoms with Crippen molar-refractivity contribution < 1.29 is 14.7 Å². The van der Waals surface area contributed by atoms with E-state index in [0.717, 1.165) is 0 Å². The Morgan fingerprint density at radius 2 is 2.22 bits per heavy atom. The number of nitrogens with one attached hydrogen (secondary N) is 2. The zero-order valence-corrected chi connectivity index (χ0v) is 10.1. The van der Waals surface area contributed by atoms with E-state index in [1.807, 2.05) is 0 Å². The molecule has 0 bridgehead atoms. The lowest BCUT2D eigenvalue weighted by molar-refractivity contribution is -0.137. The van der Waals surface area contributed by atoms with Crippen molar-refractivity contribution in [2.24, 2.45) is 11.5 Å². The number of carbonyl (C=O) groups excluding carboxylic acids is 1. The first-order chi connectivity index (χ1) is 8.45. The van der Waals surface area contributed by atoms with E-state index in [2.05, 4.69) is 15.3 Å². The Morgan fingerprint density at radius 3 is 2.72 bits per heavy atom. The third-order valence-electron chi connectivity index (χ3n) is 2.34. The molecular formula is C10H17N5O3.